The van der Waals surface area contributed by atoms with Gasteiger partial charge in [0.15, 0.2) is 0 Å². The Bertz CT molecular complexity index is 692. The highest BCUT2D eigenvalue weighted by Crippen LogP contribution is 2.16. The minimum atomic E-state index is -0.185. The summed E-state index contributed by atoms with van der Waals surface area (Å²) in [6.07, 6.45) is 0.483. The summed E-state index contributed by atoms with van der Waals surface area (Å²) in [5.41, 5.74) is 8.48. The van der Waals surface area contributed by atoms with Crippen LogP contribution in [0.25, 0.3) is 0 Å². The van der Waals surface area contributed by atoms with Gasteiger partial charge in [0.1, 0.15) is 0 Å². The van der Waals surface area contributed by atoms with E-state index in [4.69, 9.17) is 5.73 Å². The van der Waals surface area contributed by atoms with E-state index in [9.17, 15) is 9.59 Å². The molecule has 0 aliphatic rings. The van der Waals surface area contributed by atoms with Crippen molar-refractivity contribution in [2.45, 2.75) is 26.8 Å². The van der Waals surface area contributed by atoms with Gasteiger partial charge in [-0.3, -0.25) is 9.59 Å². The second kappa shape index (κ2) is 8.26. The highest BCUT2D eigenvalue weighted by atomic mass is 16.2. The summed E-state index contributed by atoms with van der Waals surface area (Å²) in [5.74, 6) is 0.117. The lowest BCUT2D eigenvalue weighted by Crippen LogP contribution is -2.14. The van der Waals surface area contributed by atoms with Crippen molar-refractivity contribution in [3.05, 3.63) is 59.7 Å². The van der Waals surface area contributed by atoms with E-state index in [0.29, 0.717) is 35.8 Å². The zero-order chi connectivity index (χ0) is 17.5. The van der Waals surface area contributed by atoms with Gasteiger partial charge >= 0.3 is 0 Å². The van der Waals surface area contributed by atoms with Crippen molar-refractivity contribution in [2.75, 3.05) is 10.6 Å². The molecule has 2 amide bonds. The molecule has 0 unspecified atom stereocenters. The van der Waals surface area contributed by atoms with Crippen LogP contribution >= 0.6 is 0 Å². The Morgan fingerprint density at radius 3 is 1.96 bits per heavy atom. The number of anilines is 2. The molecule has 4 N–H and O–H groups in total. The second-order valence-electron chi connectivity index (χ2n) is 6.08. The molecule has 2 aromatic rings. The third-order valence-corrected chi connectivity index (χ3v) is 3.47. The predicted molar refractivity (Wildman–Crippen MR) is 96.8 cm³/mol. The molecule has 126 valence electrons. The van der Waals surface area contributed by atoms with Crippen molar-refractivity contribution >= 4 is 23.2 Å². The minimum Gasteiger partial charge on any atom is -0.326 e. The van der Waals surface area contributed by atoms with Gasteiger partial charge in [0.05, 0.1) is 0 Å². The number of nitrogens with one attached hydrogen (secondary N) is 2. The Balaban J connectivity index is 1.95. The lowest BCUT2D eigenvalue weighted by Gasteiger charge is -2.09. The number of nitrogens with two attached hydrogens (primary N) is 1. The van der Waals surface area contributed by atoms with E-state index < -0.39 is 0 Å². The van der Waals surface area contributed by atoms with Gasteiger partial charge in [0, 0.05) is 29.9 Å². The number of carbonyl (C=O) groups is 2. The van der Waals surface area contributed by atoms with Crippen LogP contribution in [0.3, 0.4) is 0 Å². The molecular weight excluding hydrogens is 302 g/mol. The quantitative estimate of drug-likeness (QED) is 0.761. The Hall–Kier alpha value is -2.66. The van der Waals surface area contributed by atoms with Gasteiger partial charge in [0.25, 0.3) is 5.91 Å². The first-order chi connectivity index (χ1) is 11.5. The zero-order valence-corrected chi connectivity index (χ0v) is 14.0. The molecule has 0 fully saturated rings. The molecule has 0 heterocycles. The summed E-state index contributed by atoms with van der Waals surface area (Å²) < 4.78 is 0. The summed E-state index contributed by atoms with van der Waals surface area (Å²) in [5, 5.41) is 5.66. The zero-order valence-electron chi connectivity index (χ0n) is 14.0. The summed E-state index contributed by atoms with van der Waals surface area (Å²) in [6, 6.07) is 14.2. The lowest BCUT2D eigenvalue weighted by molar-refractivity contribution is -0.116. The number of benzene rings is 2. The maximum Gasteiger partial charge on any atom is 0.255 e. The van der Waals surface area contributed by atoms with Gasteiger partial charge in [-0.2, -0.15) is 0 Å². The van der Waals surface area contributed by atoms with Crippen molar-refractivity contribution in [1.29, 1.82) is 0 Å². The van der Waals surface area contributed by atoms with Crippen molar-refractivity contribution in [3.63, 3.8) is 0 Å². The molecule has 0 aliphatic carbocycles. The number of hydrogen-bond donors (Lipinski definition) is 3. The lowest BCUT2D eigenvalue weighted by atomic mass is 10.1. The van der Waals surface area contributed by atoms with Gasteiger partial charge in [-0.15, -0.1) is 0 Å². The van der Waals surface area contributed by atoms with Crippen LogP contribution in [0.15, 0.2) is 48.5 Å². The predicted octanol–water partition coefficient (Wildman–Crippen LogP) is 3.38. The summed E-state index contributed by atoms with van der Waals surface area (Å²) in [6.45, 7) is 4.45. The molecule has 24 heavy (non-hydrogen) atoms. The van der Waals surface area contributed by atoms with E-state index in [-0.39, 0.29) is 11.8 Å². The van der Waals surface area contributed by atoms with Crippen LogP contribution in [0.5, 0.6) is 0 Å². The maximum absolute atomic E-state index is 12.2. The smallest absolute Gasteiger partial charge is 0.255 e. The van der Waals surface area contributed by atoms with Crippen LogP contribution < -0.4 is 16.4 Å². The molecule has 0 spiro atoms. The molecule has 0 aliphatic heterocycles. The Morgan fingerprint density at radius 1 is 0.917 bits per heavy atom. The molecule has 0 aromatic heterocycles. The van der Waals surface area contributed by atoms with E-state index in [1.807, 2.05) is 26.0 Å². The molecule has 2 aromatic carbocycles. The highest BCUT2D eigenvalue weighted by molar-refractivity contribution is 6.04. The van der Waals surface area contributed by atoms with Gasteiger partial charge < -0.3 is 16.4 Å². The number of amides is 2. The number of rotatable bonds is 6. The standard InChI is InChI=1S/C19H23N3O2/c1-13(2)11-18(23)21-16-7-9-17(10-8-16)22-19(24)15-5-3-14(12-20)4-6-15/h3-10,13H,11-12,20H2,1-2H3,(H,21,23)(H,22,24). The molecule has 0 radical (unpaired) electrons. The first kappa shape index (κ1) is 17.7. The first-order valence-corrected chi connectivity index (χ1v) is 7.98. The topological polar surface area (TPSA) is 84.2 Å². The largest absolute Gasteiger partial charge is 0.326 e. The first-order valence-electron chi connectivity index (χ1n) is 7.98. The third-order valence-electron chi connectivity index (χ3n) is 3.47. The van der Waals surface area contributed by atoms with E-state index >= 15 is 0 Å². The summed E-state index contributed by atoms with van der Waals surface area (Å²) in [4.78, 5) is 23.9. The number of hydrogen-bond acceptors (Lipinski definition) is 3. The van der Waals surface area contributed by atoms with Gasteiger partial charge in [-0.1, -0.05) is 26.0 Å². The molecule has 5 nitrogen and oxygen atoms in total. The van der Waals surface area contributed by atoms with Crippen LogP contribution in [-0.4, -0.2) is 11.8 Å². The SMILES string of the molecule is CC(C)CC(=O)Nc1ccc(NC(=O)c2ccc(CN)cc2)cc1. The van der Waals surface area contributed by atoms with Crippen molar-refractivity contribution in [1.82, 2.24) is 0 Å². The molecule has 2 rings (SSSR count). The average Bonchev–Trinajstić information content (AvgIpc) is 2.56. The van der Waals surface area contributed by atoms with Crippen LogP contribution in [0.4, 0.5) is 11.4 Å². The van der Waals surface area contributed by atoms with E-state index in [1.54, 1.807) is 36.4 Å². The fourth-order valence-corrected chi connectivity index (χ4v) is 2.22. The van der Waals surface area contributed by atoms with Crippen molar-refractivity contribution in [2.24, 2.45) is 11.7 Å². The third kappa shape index (κ3) is 5.21. The second-order valence-corrected chi connectivity index (χ2v) is 6.08. The Morgan fingerprint density at radius 2 is 1.46 bits per heavy atom. The molecule has 5 heteroatoms. The molecule has 0 saturated carbocycles. The van der Waals surface area contributed by atoms with E-state index in [1.165, 1.54) is 0 Å². The van der Waals surface area contributed by atoms with Crippen LogP contribution in [-0.2, 0) is 11.3 Å². The Labute approximate surface area is 142 Å². The fourth-order valence-electron chi connectivity index (χ4n) is 2.22. The maximum atomic E-state index is 12.2. The molecular formula is C19H23N3O2. The monoisotopic (exact) mass is 325 g/mol. The van der Waals surface area contributed by atoms with Crippen molar-refractivity contribution < 1.29 is 9.59 Å². The van der Waals surface area contributed by atoms with Gasteiger partial charge in [-0.25, -0.2) is 0 Å². The van der Waals surface area contributed by atoms with Crippen LogP contribution in [0.2, 0.25) is 0 Å². The molecule has 0 saturated heterocycles. The fraction of sp³-hybridized carbons (Fsp3) is 0.263. The number of carbonyl (C=O) groups excluding carboxylic acids is 2. The van der Waals surface area contributed by atoms with Crippen LogP contribution in [0, 0.1) is 5.92 Å². The van der Waals surface area contributed by atoms with Gasteiger partial charge in [-0.05, 0) is 47.9 Å². The normalized spacial score (nSPS) is 10.5. The molecule has 0 atom stereocenters. The van der Waals surface area contributed by atoms with Gasteiger partial charge in [0.2, 0.25) is 5.91 Å². The average molecular weight is 325 g/mol. The summed E-state index contributed by atoms with van der Waals surface area (Å²) >= 11 is 0. The van der Waals surface area contributed by atoms with Crippen molar-refractivity contribution in [3.8, 4) is 0 Å². The summed E-state index contributed by atoms with van der Waals surface area (Å²) in [7, 11) is 0. The molecule has 0 bridgehead atoms. The van der Waals surface area contributed by atoms with E-state index in [2.05, 4.69) is 10.6 Å². The van der Waals surface area contributed by atoms with E-state index in [0.717, 1.165) is 5.56 Å². The van der Waals surface area contributed by atoms with Crippen LogP contribution in [0.1, 0.15) is 36.2 Å². The Kier molecular flexibility index (Phi) is 6.09. The highest BCUT2D eigenvalue weighted by Gasteiger charge is 2.07. The minimum absolute atomic E-state index is 0.0122.